The van der Waals surface area contributed by atoms with Crippen molar-refractivity contribution in [2.45, 2.75) is 20.4 Å². The van der Waals surface area contributed by atoms with Crippen LogP contribution in [0.25, 0.3) is 11.3 Å². The van der Waals surface area contributed by atoms with Gasteiger partial charge in [-0.05, 0) is 31.5 Å². The van der Waals surface area contributed by atoms with Crippen LogP contribution in [0.1, 0.15) is 27.2 Å². The third-order valence-corrected chi connectivity index (χ3v) is 3.60. The molecule has 0 fully saturated rings. The smallest absolute Gasteiger partial charge is 0.257 e. The van der Waals surface area contributed by atoms with E-state index in [1.54, 1.807) is 25.4 Å². The Morgan fingerprint density at radius 2 is 1.96 bits per heavy atom. The van der Waals surface area contributed by atoms with Gasteiger partial charge in [0.05, 0.1) is 0 Å². The Morgan fingerprint density at radius 3 is 2.65 bits per heavy atom. The van der Waals surface area contributed by atoms with Crippen molar-refractivity contribution < 1.29 is 9.32 Å². The molecule has 0 saturated heterocycles. The van der Waals surface area contributed by atoms with Crippen molar-refractivity contribution in [3.8, 4) is 11.3 Å². The number of amides is 1. The quantitative estimate of drug-likeness (QED) is 0.803. The summed E-state index contributed by atoms with van der Waals surface area (Å²) in [5, 5.41) is 6.91. The molecule has 3 rings (SSSR count). The van der Waals surface area contributed by atoms with E-state index < -0.39 is 0 Å². The van der Waals surface area contributed by atoms with E-state index in [4.69, 9.17) is 4.52 Å². The molecule has 0 unspecified atom stereocenters. The molecule has 0 spiro atoms. The number of benzene rings is 1. The fraction of sp³-hybridized carbons (Fsp3) is 0.167. The molecule has 3 aromatic rings. The first-order valence-corrected chi connectivity index (χ1v) is 7.35. The lowest BCUT2D eigenvalue weighted by atomic mass is 10.1. The zero-order valence-electron chi connectivity index (χ0n) is 13.0. The zero-order valence-corrected chi connectivity index (χ0v) is 13.0. The summed E-state index contributed by atoms with van der Waals surface area (Å²) in [6, 6.07) is 11.7. The highest BCUT2D eigenvalue weighted by molar-refractivity contribution is 6.00. The molecular formula is C18H17N3O2. The number of hydrogen-bond acceptors (Lipinski definition) is 4. The Kier molecular flexibility index (Phi) is 4.19. The maximum absolute atomic E-state index is 12.5. The van der Waals surface area contributed by atoms with Crippen molar-refractivity contribution >= 4 is 5.91 Å². The number of aryl methyl sites for hydroxylation is 2. The maximum Gasteiger partial charge on any atom is 0.257 e. The van der Waals surface area contributed by atoms with Gasteiger partial charge in [0.1, 0.15) is 17.0 Å². The molecule has 116 valence electrons. The summed E-state index contributed by atoms with van der Waals surface area (Å²) in [6.07, 6.45) is 3.33. The predicted octanol–water partition coefficient (Wildman–Crippen LogP) is 3.28. The first kappa shape index (κ1) is 15.0. The van der Waals surface area contributed by atoms with Gasteiger partial charge in [-0.2, -0.15) is 0 Å². The van der Waals surface area contributed by atoms with Gasteiger partial charge in [0, 0.05) is 24.5 Å². The van der Waals surface area contributed by atoms with Crippen LogP contribution in [0.4, 0.5) is 0 Å². The summed E-state index contributed by atoms with van der Waals surface area (Å²) >= 11 is 0. The van der Waals surface area contributed by atoms with Gasteiger partial charge in [0.25, 0.3) is 5.91 Å². The normalized spacial score (nSPS) is 10.5. The molecule has 0 aliphatic rings. The molecular weight excluding hydrogens is 290 g/mol. The number of nitrogens with one attached hydrogen (secondary N) is 1. The lowest BCUT2D eigenvalue weighted by Gasteiger charge is -2.06. The molecule has 0 atom stereocenters. The summed E-state index contributed by atoms with van der Waals surface area (Å²) in [4.78, 5) is 16.6. The van der Waals surface area contributed by atoms with E-state index in [2.05, 4.69) is 15.5 Å². The molecule has 2 aromatic heterocycles. The van der Waals surface area contributed by atoms with Gasteiger partial charge in [-0.25, -0.2) is 0 Å². The van der Waals surface area contributed by atoms with E-state index in [0.29, 0.717) is 23.6 Å². The van der Waals surface area contributed by atoms with Crippen molar-refractivity contribution in [3.05, 3.63) is 71.2 Å². The highest BCUT2D eigenvalue weighted by atomic mass is 16.5. The SMILES string of the molecule is Cc1ccc(CNC(=O)c2c(-c3cccnc3)noc2C)cc1. The third kappa shape index (κ3) is 3.29. The Hall–Kier alpha value is -2.95. The second kappa shape index (κ2) is 6.44. The van der Waals surface area contributed by atoms with Crippen molar-refractivity contribution in [3.63, 3.8) is 0 Å². The lowest BCUT2D eigenvalue weighted by molar-refractivity contribution is 0.0950. The molecule has 0 aliphatic heterocycles. The van der Waals surface area contributed by atoms with Crippen molar-refractivity contribution in [1.29, 1.82) is 0 Å². The van der Waals surface area contributed by atoms with E-state index in [9.17, 15) is 4.79 Å². The van der Waals surface area contributed by atoms with E-state index in [1.165, 1.54) is 5.56 Å². The van der Waals surface area contributed by atoms with Crippen LogP contribution in [0.2, 0.25) is 0 Å². The predicted molar refractivity (Wildman–Crippen MR) is 86.8 cm³/mol. The van der Waals surface area contributed by atoms with E-state index in [0.717, 1.165) is 11.1 Å². The molecule has 1 amide bonds. The first-order valence-electron chi connectivity index (χ1n) is 7.35. The topological polar surface area (TPSA) is 68.0 Å². The Balaban J connectivity index is 1.80. The van der Waals surface area contributed by atoms with Crippen LogP contribution in [-0.2, 0) is 6.54 Å². The molecule has 0 bridgehead atoms. The van der Waals surface area contributed by atoms with Crippen molar-refractivity contribution in [1.82, 2.24) is 15.5 Å². The molecule has 5 nitrogen and oxygen atoms in total. The van der Waals surface area contributed by atoms with Gasteiger partial charge in [-0.15, -0.1) is 0 Å². The maximum atomic E-state index is 12.5. The molecule has 0 radical (unpaired) electrons. The number of hydrogen-bond donors (Lipinski definition) is 1. The molecule has 0 aliphatic carbocycles. The van der Waals surface area contributed by atoms with Crippen LogP contribution in [0.5, 0.6) is 0 Å². The van der Waals surface area contributed by atoms with Gasteiger partial charge < -0.3 is 9.84 Å². The van der Waals surface area contributed by atoms with Crippen LogP contribution in [0.15, 0.2) is 53.3 Å². The number of rotatable bonds is 4. The number of carbonyl (C=O) groups excluding carboxylic acids is 1. The van der Waals surface area contributed by atoms with Gasteiger partial charge in [-0.1, -0.05) is 35.0 Å². The first-order chi connectivity index (χ1) is 11.1. The Morgan fingerprint density at radius 1 is 1.17 bits per heavy atom. The second-order valence-corrected chi connectivity index (χ2v) is 5.37. The average Bonchev–Trinajstić information content (AvgIpc) is 2.96. The molecule has 0 saturated carbocycles. The minimum Gasteiger partial charge on any atom is -0.360 e. The molecule has 5 heteroatoms. The number of aromatic nitrogens is 2. The van der Waals surface area contributed by atoms with Crippen LogP contribution >= 0.6 is 0 Å². The Labute approximate surface area is 134 Å². The molecule has 23 heavy (non-hydrogen) atoms. The highest BCUT2D eigenvalue weighted by Gasteiger charge is 2.21. The summed E-state index contributed by atoms with van der Waals surface area (Å²) in [7, 11) is 0. The minimum absolute atomic E-state index is 0.205. The summed E-state index contributed by atoms with van der Waals surface area (Å²) in [6.45, 7) is 4.22. The monoisotopic (exact) mass is 307 g/mol. The molecule has 1 aromatic carbocycles. The van der Waals surface area contributed by atoms with Crippen LogP contribution < -0.4 is 5.32 Å². The largest absolute Gasteiger partial charge is 0.360 e. The molecule has 2 heterocycles. The standard InChI is InChI=1S/C18H17N3O2/c1-12-5-7-14(8-6-12)10-20-18(22)16-13(2)23-21-17(16)15-4-3-9-19-11-15/h3-9,11H,10H2,1-2H3,(H,20,22). The summed E-state index contributed by atoms with van der Waals surface area (Å²) < 4.78 is 5.20. The van der Waals surface area contributed by atoms with Gasteiger partial charge in [0.2, 0.25) is 0 Å². The highest BCUT2D eigenvalue weighted by Crippen LogP contribution is 2.24. The van der Waals surface area contributed by atoms with E-state index in [1.807, 2.05) is 37.3 Å². The number of nitrogens with zero attached hydrogens (tertiary/aromatic N) is 2. The average molecular weight is 307 g/mol. The van der Waals surface area contributed by atoms with E-state index in [-0.39, 0.29) is 5.91 Å². The zero-order chi connectivity index (χ0) is 16.2. The second-order valence-electron chi connectivity index (χ2n) is 5.37. The molecule has 1 N–H and O–H groups in total. The van der Waals surface area contributed by atoms with E-state index >= 15 is 0 Å². The minimum atomic E-state index is -0.205. The number of carbonyl (C=O) groups is 1. The summed E-state index contributed by atoms with van der Waals surface area (Å²) in [5.41, 5.74) is 3.95. The fourth-order valence-electron chi connectivity index (χ4n) is 2.32. The summed E-state index contributed by atoms with van der Waals surface area (Å²) in [5.74, 6) is 0.286. The van der Waals surface area contributed by atoms with Crippen molar-refractivity contribution in [2.24, 2.45) is 0 Å². The van der Waals surface area contributed by atoms with Crippen LogP contribution in [0.3, 0.4) is 0 Å². The van der Waals surface area contributed by atoms with Gasteiger partial charge in [0.15, 0.2) is 0 Å². The van der Waals surface area contributed by atoms with Crippen LogP contribution in [-0.4, -0.2) is 16.0 Å². The lowest BCUT2D eigenvalue weighted by Crippen LogP contribution is -2.23. The van der Waals surface area contributed by atoms with Crippen molar-refractivity contribution in [2.75, 3.05) is 0 Å². The van der Waals surface area contributed by atoms with Crippen LogP contribution in [0, 0.1) is 13.8 Å². The van der Waals surface area contributed by atoms with Gasteiger partial charge >= 0.3 is 0 Å². The fourth-order valence-corrected chi connectivity index (χ4v) is 2.32. The number of pyridine rings is 1. The third-order valence-electron chi connectivity index (χ3n) is 3.60. The Bertz CT molecular complexity index is 808. The van der Waals surface area contributed by atoms with Gasteiger partial charge in [-0.3, -0.25) is 9.78 Å².